The molecule has 2 aromatic rings. The van der Waals surface area contributed by atoms with Crippen molar-refractivity contribution in [2.24, 2.45) is 0 Å². The van der Waals surface area contributed by atoms with Gasteiger partial charge in [0.05, 0.1) is 23.6 Å². The van der Waals surface area contributed by atoms with Gasteiger partial charge >= 0.3 is 0 Å². The molecule has 19 heavy (non-hydrogen) atoms. The molecule has 2 rings (SSSR count). The Morgan fingerprint density at radius 2 is 1.84 bits per heavy atom. The molecule has 0 amide bonds. The molecule has 0 N–H and O–H groups in total. The molecule has 4 nitrogen and oxygen atoms in total. The molecular formula is C15H18N4. The molecule has 0 saturated carbocycles. The summed E-state index contributed by atoms with van der Waals surface area (Å²) in [5.41, 5.74) is 2.20. The first-order chi connectivity index (χ1) is 9.42. The third-order valence-electron chi connectivity index (χ3n) is 3.09. The van der Waals surface area contributed by atoms with Gasteiger partial charge in [-0.2, -0.15) is 5.26 Å². The Hall–Kier alpha value is -2.15. The van der Waals surface area contributed by atoms with E-state index in [4.69, 9.17) is 5.26 Å². The van der Waals surface area contributed by atoms with Crippen molar-refractivity contribution < 1.29 is 0 Å². The van der Waals surface area contributed by atoms with E-state index in [1.54, 1.807) is 0 Å². The van der Waals surface area contributed by atoms with Gasteiger partial charge in [-0.05, 0) is 31.4 Å². The topological polar surface area (TPSA) is 54.5 Å². The molecule has 98 valence electrons. The SMILES string of the molecule is N#CCCCCCCc1cnnn1-c1ccccc1. The van der Waals surface area contributed by atoms with Crippen molar-refractivity contribution in [1.82, 2.24) is 15.0 Å². The Morgan fingerprint density at radius 1 is 1.05 bits per heavy atom. The molecule has 0 aliphatic carbocycles. The number of hydrogen-bond donors (Lipinski definition) is 0. The number of nitriles is 1. The van der Waals surface area contributed by atoms with Gasteiger partial charge in [0, 0.05) is 6.42 Å². The minimum atomic E-state index is 0.670. The van der Waals surface area contributed by atoms with Crippen LogP contribution in [0, 0.1) is 11.3 Å². The molecule has 1 heterocycles. The summed E-state index contributed by atoms with van der Waals surface area (Å²) in [5.74, 6) is 0. The third kappa shape index (κ3) is 3.92. The van der Waals surface area contributed by atoms with Crippen LogP contribution in [0.3, 0.4) is 0 Å². The summed E-state index contributed by atoms with van der Waals surface area (Å²) in [6.07, 6.45) is 7.89. The Balaban J connectivity index is 1.85. The van der Waals surface area contributed by atoms with Crippen molar-refractivity contribution in [3.8, 4) is 11.8 Å². The van der Waals surface area contributed by atoms with Gasteiger partial charge in [0.25, 0.3) is 0 Å². The summed E-state index contributed by atoms with van der Waals surface area (Å²) in [6, 6.07) is 12.2. The van der Waals surface area contributed by atoms with Crippen LogP contribution in [0.15, 0.2) is 36.5 Å². The zero-order valence-electron chi connectivity index (χ0n) is 11.0. The molecule has 0 aliphatic heterocycles. The molecule has 1 aromatic heterocycles. The number of unbranched alkanes of at least 4 members (excludes halogenated alkanes) is 4. The molecule has 0 bridgehead atoms. The zero-order valence-corrected chi connectivity index (χ0v) is 11.0. The molecule has 0 saturated heterocycles. The fraction of sp³-hybridized carbons (Fsp3) is 0.400. The van der Waals surface area contributed by atoms with Crippen LogP contribution in [-0.2, 0) is 6.42 Å². The maximum absolute atomic E-state index is 8.47. The predicted octanol–water partition coefficient (Wildman–Crippen LogP) is 3.28. The van der Waals surface area contributed by atoms with Gasteiger partial charge in [0.1, 0.15) is 0 Å². The number of rotatable bonds is 7. The van der Waals surface area contributed by atoms with Crippen molar-refractivity contribution in [1.29, 1.82) is 5.26 Å². The second-order valence-electron chi connectivity index (χ2n) is 4.55. The van der Waals surface area contributed by atoms with Crippen LogP contribution >= 0.6 is 0 Å². The van der Waals surface area contributed by atoms with Crippen LogP contribution in [0.2, 0.25) is 0 Å². The van der Waals surface area contributed by atoms with Gasteiger partial charge in [-0.25, -0.2) is 4.68 Å². The summed E-state index contributed by atoms with van der Waals surface area (Å²) < 4.78 is 1.90. The largest absolute Gasteiger partial charge is 0.218 e. The fourth-order valence-electron chi connectivity index (χ4n) is 2.08. The molecule has 0 aliphatic rings. The Bertz CT molecular complexity index is 525. The lowest BCUT2D eigenvalue weighted by atomic mass is 10.1. The minimum Gasteiger partial charge on any atom is -0.218 e. The molecule has 0 radical (unpaired) electrons. The number of hydrogen-bond acceptors (Lipinski definition) is 3. The third-order valence-corrected chi connectivity index (χ3v) is 3.09. The standard InChI is InChI=1S/C15H18N4/c16-12-8-3-1-2-5-11-15-13-17-18-19(15)14-9-6-4-7-10-14/h4,6-7,9-10,13H,1-3,5,8,11H2. The van der Waals surface area contributed by atoms with Gasteiger partial charge in [-0.1, -0.05) is 36.3 Å². The molecule has 0 atom stereocenters. The van der Waals surface area contributed by atoms with E-state index in [0.717, 1.165) is 43.5 Å². The number of nitrogens with zero attached hydrogens (tertiary/aromatic N) is 4. The van der Waals surface area contributed by atoms with E-state index < -0.39 is 0 Å². The van der Waals surface area contributed by atoms with E-state index in [9.17, 15) is 0 Å². The lowest BCUT2D eigenvalue weighted by Crippen LogP contribution is -2.02. The summed E-state index contributed by atoms with van der Waals surface area (Å²) in [7, 11) is 0. The summed E-state index contributed by atoms with van der Waals surface area (Å²) >= 11 is 0. The van der Waals surface area contributed by atoms with Crippen molar-refractivity contribution >= 4 is 0 Å². The summed E-state index contributed by atoms with van der Waals surface area (Å²) in [5, 5.41) is 16.6. The first-order valence-corrected chi connectivity index (χ1v) is 6.74. The molecular weight excluding hydrogens is 236 g/mol. The lowest BCUT2D eigenvalue weighted by Gasteiger charge is -2.05. The smallest absolute Gasteiger partial charge is 0.0729 e. The predicted molar refractivity (Wildman–Crippen MR) is 73.8 cm³/mol. The van der Waals surface area contributed by atoms with E-state index in [2.05, 4.69) is 16.4 Å². The van der Waals surface area contributed by atoms with Crippen molar-refractivity contribution in [2.45, 2.75) is 38.5 Å². The van der Waals surface area contributed by atoms with E-state index >= 15 is 0 Å². The number of aryl methyl sites for hydroxylation is 1. The molecule has 4 heteroatoms. The Kier molecular flexibility index (Phi) is 5.12. The van der Waals surface area contributed by atoms with Crippen LogP contribution < -0.4 is 0 Å². The van der Waals surface area contributed by atoms with Crippen LogP contribution in [0.1, 0.15) is 37.8 Å². The normalized spacial score (nSPS) is 10.3. The Labute approximate surface area is 113 Å². The number of aromatic nitrogens is 3. The van der Waals surface area contributed by atoms with Crippen molar-refractivity contribution in [2.75, 3.05) is 0 Å². The lowest BCUT2D eigenvalue weighted by molar-refractivity contribution is 0.632. The second kappa shape index (κ2) is 7.32. The van der Waals surface area contributed by atoms with Gasteiger partial charge in [0.15, 0.2) is 0 Å². The second-order valence-corrected chi connectivity index (χ2v) is 4.55. The average molecular weight is 254 g/mol. The highest BCUT2D eigenvalue weighted by molar-refractivity contribution is 5.31. The summed E-state index contributed by atoms with van der Waals surface area (Å²) in [4.78, 5) is 0. The van der Waals surface area contributed by atoms with Crippen LogP contribution in [0.4, 0.5) is 0 Å². The van der Waals surface area contributed by atoms with Gasteiger partial charge in [0.2, 0.25) is 0 Å². The molecule has 0 unspecified atom stereocenters. The first kappa shape index (κ1) is 13.3. The maximum atomic E-state index is 8.47. The average Bonchev–Trinajstić information content (AvgIpc) is 2.92. The van der Waals surface area contributed by atoms with Crippen molar-refractivity contribution in [3.63, 3.8) is 0 Å². The van der Waals surface area contributed by atoms with Crippen LogP contribution in [0.25, 0.3) is 5.69 Å². The van der Waals surface area contributed by atoms with E-state index in [-0.39, 0.29) is 0 Å². The quantitative estimate of drug-likeness (QED) is 0.712. The van der Waals surface area contributed by atoms with E-state index in [0.29, 0.717) is 6.42 Å². The maximum Gasteiger partial charge on any atom is 0.0729 e. The van der Waals surface area contributed by atoms with Crippen LogP contribution in [0.5, 0.6) is 0 Å². The summed E-state index contributed by atoms with van der Waals surface area (Å²) in [6.45, 7) is 0. The molecule has 0 fully saturated rings. The monoisotopic (exact) mass is 254 g/mol. The van der Waals surface area contributed by atoms with Gasteiger partial charge in [-0.3, -0.25) is 0 Å². The minimum absolute atomic E-state index is 0.670. The highest BCUT2D eigenvalue weighted by Gasteiger charge is 2.05. The number of para-hydroxylation sites is 1. The first-order valence-electron chi connectivity index (χ1n) is 6.74. The van der Waals surface area contributed by atoms with Gasteiger partial charge < -0.3 is 0 Å². The van der Waals surface area contributed by atoms with Gasteiger partial charge in [-0.15, -0.1) is 5.10 Å². The molecule has 1 aromatic carbocycles. The number of benzene rings is 1. The van der Waals surface area contributed by atoms with E-state index in [1.165, 1.54) is 0 Å². The molecule has 0 spiro atoms. The zero-order chi connectivity index (χ0) is 13.3. The highest BCUT2D eigenvalue weighted by Crippen LogP contribution is 2.12. The van der Waals surface area contributed by atoms with Crippen LogP contribution in [-0.4, -0.2) is 15.0 Å². The van der Waals surface area contributed by atoms with Crippen molar-refractivity contribution in [3.05, 3.63) is 42.2 Å². The van der Waals surface area contributed by atoms with E-state index in [1.807, 2.05) is 41.2 Å². The fourth-order valence-corrected chi connectivity index (χ4v) is 2.08. The highest BCUT2D eigenvalue weighted by atomic mass is 15.4. The Morgan fingerprint density at radius 3 is 2.63 bits per heavy atom.